The summed E-state index contributed by atoms with van der Waals surface area (Å²) in [5.41, 5.74) is 0. The van der Waals surface area contributed by atoms with Crippen LogP contribution in [0.1, 0.15) is 0 Å². The predicted molar refractivity (Wildman–Crippen MR) is 38.4 cm³/mol. The Morgan fingerprint density at radius 3 is 1.00 bits per heavy atom. The molecule has 0 rings (SSSR count). The Morgan fingerprint density at radius 1 is 1.00 bits per heavy atom. The van der Waals surface area contributed by atoms with Crippen molar-refractivity contribution in [3.05, 3.63) is 0 Å². The first-order valence-electron chi connectivity index (χ1n) is 0.309. The SMILES string of the molecule is ClOCl.[CaH2].[MgH2].[MgH2]. The van der Waals surface area contributed by atoms with E-state index in [1.165, 1.54) is 0 Å². The van der Waals surface area contributed by atoms with E-state index in [1.54, 1.807) is 0 Å². The first kappa shape index (κ1) is 22.8. The van der Waals surface area contributed by atoms with E-state index in [-0.39, 0.29) is 83.8 Å². The molecule has 0 amide bonds. The molecule has 0 aromatic rings. The smallest absolute Gasteiger partial charge is 0.316 e. The van der Waals surface area contributed by atoms with Crippen LogP contribution in [0.4, 0.5) is 0 Å². The molecule has 0 saturated carbocycles. The maximum atomic E-state index is 4.26. The summed E-state index contributed by atoms with van der Waals surface area (Å²) >= 11 is 8.53. The van der Waals surface area contributed by atoms with Crippen LogP contribution in [0.25, 0.3) is 0 Å². The van der Waals surface area contributed by atoms with Gasteiger partial charge in [0.15, 0.2) is 0 Å². The Morgan fingerprint density at radius 2 is 1.00 bits per heavy atom. The second-order valence-corrected chi connectivity index (χ2v) is 0.525. The van der Waals surface area contributed by atoms with E-state index in [0.29, 0.717) is 0 Å². The molecular formula is H6CaCl2Mg2O. The van der Waals surface area contributed by atoms with Gasteiger partial charge in [-0.3, -0.25) is 0 Å². The maximum absolute atomic E-state index is 4.26. The van der Waals surface area contributed by atoms with Crippen LogP contribution in [0, 0.1) is 0 Å². The molecule has 0 N–H and O–H groups in total. The van der Waals surface area contributed by atoms with E-state index in [1.807, 2.05) is 0 Å². The van der Waals surface area contributed by atoms with Crippen molar-refractivity contribution in [3.63, 3.8) is 0 Å². The van der Waals surface area contributed by atoms with Crippen molar-refractivity contribution in [2.45, 2.75) is 0 Å². The Bertz CT molecular complexity index is 11.5. The zero-order valence-corrected chi connectivity index (χ0v) is 2.68. The molecule has 6 heavy (non-hydrogen) atoms. The van der Waals surface area contributed by atoms with Crippen molar-refractivity contribution in [2.24, 2.45) is 0 Å². The third kappa shape index (κ3) is 26.5. The summed E-state index contributed by atoms with van der Waals surface area (Å²) in [6.45, 7) is 0. The van der Waals surface area contributed by atoms with E-state index in [0.717, 1.165) is 0 Å². The molecule has 0 radical (unpaired) electrons. The van der Waals surface area contributed by atoms with Crippen LogP contribution < -0.4 is 0 Å². The molecule has 0 aliphatic carbocycles. The molecule has 0 heterocycles. The van der Waals surface area contributed by atoms with Gasteiger partial charge in [-0.1, -0.05) is 0 Å². The van der Waals surface area contributed by atoms with Crippen LogP contribution in [0.3, 0.4) is 0 Å². The largest absolute Gasteiger partial charge is 0.316 e. The summed E-state index contributed by atoms with van der Waals surface area (Å²) in [6.07, 6.45) is 0. The first-order valence-corrected chi connectivity index (χ1v) is 0.926. The summed E-state index contributed by atoms with van der Waals surface area (Å²) in [4.78, 5) is 0. The second-order valence-electron chi connectivity index (χ2n) is 0.0583. The van der Waals surface area contributed by atoms with E-state index in [4.69, 9.17) is 0 Å². The van der Waals surface area contributed by atoms with E-state index in [2.05, 4.69) is 27.6 Å². The van der Waals surface area contributed by atoms with Gasteiger partial charge in [-0.15, -0.1) is 0 Å². The van der Waals surface area contributed by atoms with Crippen LogP contribution >= 0.6 is 23.7 Å². The zero-order chi connectivity index (χ0) is 2.71. The molecule has 0 aliphatic heterocycles. The van der Waals surface area contributed by atoms with E-state index < -0.39 is 0 Å². The minimum Gasteiger partial charge on any atom is 0.316 e. The van der Waals surface area contributed by atoms with Crippen LogP contribution in [0.15, 0.2) is 0 Å². The summed E-state index contributed by atoms with van der Waals surface area (Å²) in [5.74, 6) is 0. The van der Waals surface area contributed by atoms with Crippen molar-refractivity contribution in [2.75, 3.05) is 0 Å². The molecule has 0 aromatic carbocycles. The number of hydrogen-bond acceptors (Lipinski definition) is 1. The van der Waals surface area contributed by atoms with Crippen molar-refractivity contribution in [3.8, 4) is 0 Å². The van der Waals surface area contributed by atoms with Crippen LogP contribution in [-0.4, -0.2) is 83.8 Å². The number of hydrogen-bond donors (Lipinski definition) is 0. The van der Waals surface area contributed by atoms with Gasteiger partial charge in [0.1, 0.15) is 0 Å². The molecular weight excluding hydrogens is 176 g/mol. The predicted octanol–water partition coefficient (Wildman–Crippen LogP) is -1.44. The molecule has 0 aromatic heterocycles. The molecule has 0 spiro atoms. The molecule has 0 aliphatic rings. The molecule has 1 nitrogen and oxygen atoms in total. The minimum absolute atomic E-state index is 0. The van der Waals surface area contributed by atoms with Gasteiger partial charge in [0.2, 0.25) is 0 Å². The van der Waals surface area contributed by atoms with Crippen molar-refractivity contribution >= 4 is 108 Å². The third-order valence-corrected chi connectivity index (χ3v) is 0. The fourth-order valence-corrected chi connectivity index (χ4v) is 0. The Hall–Kier alpha value is 3.33. The van der Waals surface area contributed by atoms with E-state index >= 15 is 0 Å². The first-order chi connectivity index (χ1) is 1.41. The Labute approximate surface area is 109 Å². The van der Waals surface area contributed by atoms with Gasteiger partial charge in [-0.2, -0.15) is 3.84 Å². The summed E-state index contributed by atoms with van der Waals surface area (Å²) < 4.78 is 3.19. The number of halogens is 2. The molecule has 32 valence electrons. The number of rotatable bonds is 0. The van der Waals surface area contributed by atoms with Gasteiger partial charge in [0, 0.05) is 0 Å². The van der Waals surface area contributed by atoms with Crippen molar-refractivity contribution in [1.29, 1.82) is 0 Å². The van der Waals surface area contributed by atoms with Gasteiger partial charge < -0.3 is 0 Å². The summed E-state index contributed by atoms with van der Waals surface area (Å²) in [7, 11) is 0. The normalized spacial score (nSPS) is 3.00. The quantitative estimate of drug-likeness (QED) is 0.416. The Balaban J connectivity index is -0.00000000667. The molecule has 0 saturated heterocycles. The fourth-order valence-electron chi connectivity index (χ4n) is 0. The molecule has 0 fully saturated rings. The molecule has 0 atom stereocenters. The molecule has 6 heteroatoms. The van der Waals surface area contributed by atoms with Crippen LogP contribution in [-0.2, 0) is 3.84 Å². The van der Waals surface area contributed by atoms with Gasteiger partial charge in [0.05, 0.1) is 23.7 Å². The maximum Gasteiger partial charge on any atom is 0.316 e. The Kier molecular flexibility index (Phi) is 90.6. The minimum atomic E-state index is 0. The summed E-state index contributed by atoms with van der Waals surface area (Å²) in [5, 5.41) is 0. The molecule has 0 bridgehead atoms. The average Bonchev–Trinajstić information content (AvgIpc) is 0.918. The van der Waals surface area contributed by atoms with Gasteiger partial charge in [0.25, 0.3) is 0 Å². The average molecular weight is 182 g/mol. The summed E-state index contributed by atoms with van der Waals surface area (Å²) in [6, 6.07) is 0. The fraction of sp³-hybridized carbons (Fsp3) is 0. The van der Waals surface area contributed by atoms with Gasteiger partial charge >= 0.3 is 83.8 Å². The zero-order valence-electron chi connectivity index (χ0n) is 1.16. The van der Waals surface area contributed by atoms with Gasteiger partial charge in [-0.05, 0) is 0 Å². The van der Waals surface area contributed by atoms with Crippen LogP contribution in [0.5, 0.6) is 0 Å². The van der Waals surface area contributed by atoms with E-state index in [9.17, 15) is 0 Å². The van der Waals surface area contributed by atoms with Crippen molar-refractivity contribution < 1.29 is 3.84 Å². The van der Waals surface area contributed by atoms with Crippen molar-refractivity contribution in [1.82, 2.24) is 0 Å². The third-order valence-electron chi connectivity index (χ3n) is 0. The van der Waals surface area contributed by atoms with Gasteiger partial charge in [-0.25, -0.2) is 0 Å². The van der Waals surface area contributed by atoms with Crippen LogP contribution in [0.2, 0.25) is 0 Å². The second kappa shape index (κ2) is 23.9. The monoisotopic (exact) mass is 180 g/mol. The topological polar surface area (TPSA) is 9.23 Å². The standard InChI is InChI=1S/Ca.Cl2O.2Mg.6H/c;1-3-2;;;;;;;;. The molecule has 0 unspecified atom stereocenters.